The molecule has 1 atom stereocenters. The molecule has 0 aliphatic carbocycles. The molecule has 0 amide bonds. The van der Waals surface area contributed by atoms with E-state index in [1.165, 1.54) is 0 Å². The Hall–Kier alpha value is -0.300. The SMILES string of the molecule is C=C(Cl)CC(C=O)CC. The van der Waals surface area contributed by atoms with Gasteiger partial charge in [-0.05, 0) is 12.8 Å². The lowest BCUT2D eigenvalue weighted by Crippen LogP contribution is -1.98. The maximum atomic E-state index is 10.2. The van der Waals surface area contributed by atoms with Gasteiger partial charge >= 0.3 is 0 Å². The van der Waals surface area contributed by atoms with E-state index in [-0.39, 0.29) is 5.92 Å². The number of halogens is 1. The predicted molar refractivity (Wildman–Crippen MR) is 39.5 cm³/mol. The summed E-state index contributed by atoms with van der Waals surface area (Å²) in [6.07, 6.45) is 2.38. The summed E-state index contributed by atoms with van der Waals surface area (Å²) in [5, 5.41) is 0.564. The van der Waals surface area contributed by atoms with Crippen molar-refractivity contribution < 1.29 is 4.79 Å². The molecule has 0 saturated heterocycles. The monoisotopic (exact) mass is 146 g/mol. The zero-order valence-corrected chi connectivity index (χ0v) is 6.32. The summed E-state index contributed by atoms with van der Waals surface area (Å²) < 4.78 is 0. The molecule has 0 bridgehead atoms. The van der Waals surface area contributed by atoms with Gasteiger partial charge in [0.15, 0.2) is 0 Å². The fourth-order valence-corrected chi connectivity index (χ4v) is 0.771. The summed E-state index contributed by atoms with van der Waals surface area (Å²) in [6.45, 7) is 5.45. The molecule has 52 valence electrons. The first kappa shape index (κ1) is 8.70. The molecule has 0 aliphatic heterocycles. The summed E-state index contributed by atoms with van der Waals surface area (Å²) in [7, 11) is 0. The molecule has 0 aromatic rings. The van der Waals surface area contributed by atoms with Gasteiger partial charge < -0.3 is 4.79 Å². The highest BCUT2D eigenvalue weighted by atomic mass is 35.5. The van der Waals surface area contributed by atoms with E-state index < -0.39 is 0 Å². The third kappa shape index (κ3) is 4.22. The van der Waals surface area contributed by atoms with Gasteiger partial charge in [0.1, 0.15) is 6.29 Å². The number of aldehydes is 1. The largest absolute Gasteiger partial charge is 0.303 e. The second kappa shape index (κ2) is 4.57. The maximum absolute atomic E-state index is 10.2. The first-order valence-corrected chi connectivity index (χ1v) is 3.37. The van der Waals surface area contributed by atoms with E-state index >= 15 is 0 Å². The third-order valence-corrected chi connectivity index (χ3v) is 1.35. The second-order valence-electron chi connectivity index (χ2n) is 2.03. The summed E-state index contributed by atoms with van der Waals surface area (Å²) in [5.74, 6) is 0.0648. The van der Waals surface area contributed by atoms with Crippen molar-refractivity contribution in [2.75, 3.05) is 0 Å². The predicted octanol–water partition coefficient (Wildman–Crippen LogP) is 2.35. The van der Waals surface area contributed by atoms with Crippen LogP contribution in [0.15, 0.2) is 11.6 Å². The average molecular weight is 147 g/mol. The molecule has 0 N–H and O–H groups in total. The Morgan fingerprint density at radius 2 is 2.44 bits per heavy atom. The number of carbonyl (C=O) groups excluding carboxylic acids is 1. The number of hydrogen-bond acceptors (Lipinski definition) is 1. The van der Waals surface area contributed by atoms with E-state index in [0.717, 1.165) is 12.7 Å². The van der Waals surface area contributed by atoms with E-state index in [2.05, 4.69) is 6.58 Å². The first-order valence-electron chi connectivity index (χ1n) is 2.99. The molecule has 0 radical (unpaired) electrons. The van der Waals surface area contributed by atoms with Crippen LogP contribution in [0.2, 0.25) is 0 Å². The molecule has 9 heavy (non-hydrogen) atoms. The van der Waals surface area contributed by atoms with Crippen LogP contribution in [0.25, 0.3) is 0 Å². The molecule has 0 heterocycles. The molecule has 0 saturated carbocycles. The van der Waals surface area contributed by atoms with Crippen LogP contribution in [-0.4, -0.2) is 6.29 Å². The van der Waals surface area contributed by atoms with Crippen LogP contribution >= 0.6 is 11.6 Å². The van der Waals surface area contributed by atoms with Crippen LogP contribution in [-0.2, 0) is 4.79 Å². The second-order valence-corrected chi connectivity index (χ2v) is 2.56. The Kier molecular flexibility index (Phi) is 4.41. The highest BCUT2D eigenvalue weighted by Crippen LogP contribution is 2.13. The Morgan fingerprint density at radius 3 is 2.56 bits per heavy atom. The fraction of sp³-hybridized carbons (Fsp3) is 0.571. The van der Waals surface area contributed by atoms with Gasteiger partial charge in [0.25, 0.3) is 0 Å². The molecule has 0 rings (SSSR count). The van der Waals surface area contributed by atoms with Gasteiger partial charge in [0, 0.05) is 11.0 Å². The van der Waals surface area contributed by atoms with Crippen LogP contribution < -0.4 is 0 Å². The van der Waals surface area contributed by atoms with Crippen LogP contribution in [0.4, 0.5) is 0 Å². The summed E-state index contributed by atoms with van der Waals surface area (Å²) >= 11 is 5.48. The Labute approximate surface area is 60.7 Å². The molecule has 2 heteroatoms. The molecule has 1 unspecified atom stereocenters. The van der Waals surface area contributed by atoms with Gasteiger partial charge in [-0.15, -0.1) is 0 Å². The van der Waals surface area contributed by atoms with Gasteiger partial charge in [0.2, 0.25) is 0 Å². The van der Waals surface area contributed by atoms with Gasteiger partial charge in [0.05, 0.1) is 0 Å². The Bertz CT molecular complexity index is 109. The van der Waals surface area contributed by atoms with Crippen molar-refractivity contribution in [2.24, 2.45) is 5.92 Å². The van der Waals surface area contributed by atoms with Gasteiger partial charge in [-0.1, -0.05) is 25.1 Å². The Morgan fingerprint density at radius 1 is 1.89 bits per heavy atom. The topological polar surface area (TPSA) is 17.1 Å². The van der Waals surface area contributed by atoms with Gasteiger partial charge in [-0.3, -0.25) is 0 Å². The zero-order chi connectivity index (χ0) is 7.28. The molecule has 1 nitrogen and oxygen atoms in total. The van der Waals surface area contributed by atoms with Crippen LogP contribution in [0, 0.1) is 5.92 Å². The molecule has 0 aliphatic rings. The van der Waals surface area contributed by atoms with E-state index in [0.29, 0.717) is 11.5 Å². The van der Waals surface area contributed by atoms with Crippen molar-refractivity contribution in [3.8, 4) is 0 Å². The minimum Gasteiger partial charge on any atom is -0.303 e. The van der Waals surface area contributed by atoms with Gasteiger partial charge in [-0.2, -0.15) is 0 Å². The smallest absolute Gasteiger partial charge is 0.123 e. The standard InChI is InChI=1S/C7H11ClO/c1-3-7(5-9)4-6(2)8/h5,7H,2-4H2,1H3. The third-order valence-electron chi connectivity index (χ3n) is 1.20. The molecular formula is C7H11ClO. The zero-order valence-electron chi connectivity index (χ0n) is 5.56. The summed E-state index contributed by atoms with van der Waals surface area (Å²) in [6, 6.07) is 0. The quantitative estimate of drug-likeness (QED) is 0.557. The van der Waals surface area contributed by atoms with Crippen molar-refractivity contribution in [1.82, 2.24) is 0 Å². The number of rotatable bonds is 4. The van der Waals surface area contributed by atoms with E-state index in [1.54, 1.807) is 0 Å². The number of hydrogen-bond donors (Lipinski definition) is 0. The number of allylic oxidation sites excluding steroid dienone is 1. The fourth-order valence-electron chi connectivity index (χ4n) is 0.573. The molecule has 0 aromatic heterocycles. The van der Waals surface area contributed by atoms with Crippen molar-refractivity contribution in [1.29, 1.82) is 0 Å². The lowest BCUT2D eigenvalue weighted by atomic mass is 10.1. The Balaban J connectivity index is 3.55. The highest BCUT2D eigenvalue weighted by molar-refractivity contribution is 6.29. The highest BCUT2D eigenvalue weighted by Gasteiger charge is 2.03. The summed E-state index contributed by atoms with van der Waals surface area (Å²) in [4.78, 5) is 10.2. The summed E-state index contributed by atoms with van der Waals surface area (Å²) in [5.41, 5.74) is 0. The molecule has 0 aromatic carbocycles. The normalized spacial score (nSPS) is 12.7. The molecular weight excluding hydrogens is 136 g/mol. The van der Waals surface area contributed by atoms with Crippen molar-refractivity contribution >= 4 is 17.9 Å². The lowest BCUT2D eigenvalue weighted by Gasteiger charge is -2.02. The average Bonchev–Trinajstić information content (AvgIpc) is 1.82. The van der Waals surface area contributed by atoms with Crippen molar-refractivity contribution in [3.05, 3.63) is 11.6 Å². The van der Waals surface area contributed by atoms with Crippen molar-refractivity contribution in [2.45, 2.75) is 19.8 Å². The molecule has 0 fully saturated rings. The molecule has 0 spiro atoms. The van der Waals surface area contributed by atoms with E-state index in [9.17, 15) is 4.79 Å². The maximum Gasteiger partial charge on any atom is 0.123 e. The van der Waals surface area contributed by atoms with Crippen LogP contribution in [0.1, 0.15) is 19.8 Å². The van der Waals surface area contributed by atoms with Crippen LogP contribution in [0.5, 0.6) is 0 Å². The van der Waals surface area contributed by atoms with E-state index in [4.69, 9.17) is 11.6 Å². The number of carbonyl (C=O) groups is 1. The van der Waals surface area contributed by atoms with Crippen LogP contribution in [0.3, 0.4) is 0 Å². The first-order chi connectivity index (χ1) is 4.20. The van der Waals surface area contributed by atoms with E-state index in [1.807, 2.05) is 6.92 Å². The minimum atomic E-state index is 0.0648. The lowest BCUT2D eigenvalue weighted by molar-refractivity contribution is -0.111. The van der Waals surface area contributed by atoms with Gasteiger partial charge in [-0.25, -0.2) is 0 Å². The van der Waals surface area contributed by atoms with Crippen molar-refractivity contribution in [3.63, 3.8) is 0 Å². The minimum absolute atomic E-state index is 0.0648.